The van der Waals surface area contributed by atoms with E-state index in [0.29, 0.717) is 0 Å². The Balaban J connectivity index is 0.979. The molecule has 13 aromatic rings. The number of para-hydroxylation sites is 5. The van der Waals surface area contributed by atoms with E-state index in [1.54, 1.807) is 0 Å². The van der Waals surface area contributed by atoms with Gasteiger partial charge in [-0.05, 0) is 102 Å². The van der Waals surface area contributed by atoms with Crippen molar-refractivity contribution in [3.8, 4) is 16.8 Å². The van der Waals surface area contributed by atoms with E-state index < -0.39 is 0 Å². The Morgan fingerprint density at radius 1 is 0.328 bits per heavy atom. The highest BCUT2D eigenvalue weighted by molar-refractivity contribution is 6.23. The summed E-state index contributed by atoms with van der Waals surface area (Å²) in [4.78, 5) is 2.38. The summed E-state index contributed by atoms with van der Waals surface area (Å²) in [5.41, 5.74) is 14.7. The molecule has 4 heterocycles. The van der Waals surface area contributed by atoms with Crippen molar-refractivity contribution >= 4 is 98.9 Å². The highest BCUT2D eigenvalue weighted by Gasteiger charge is 2.20. The van der Waals surface area contributed by atoms with Crippen molar-refractivity contribution in [1.82, 2.24) is 8.97 Å². The lowest BCUT2D eigenvalue weighted by Crippen LogP contribution is -2.09. The average molecular weight is 740 g/mol. The topological polar surface area (TPSA) is 25.7 Å². The van der Waals surface area contributed by atoms with Crippen LogP contribution < -0.4 is 4.90 Å². The van der Waals surface area contributed by atoms with Gasteiger partial charge in [-0.2, -0.15) is 0 Å². The summed E-state index contributed by atoms with van der Waals surface area (Å²) >= 11 is 0. The zero-order chi connectivity index (χ0) is 37.9. The van der Waals surface area contributed by atoms with Gasteiger partial charge in [0.05, 0.1) is 27.6 Å². The van der Waals surface area contributed by atoms with Gasteiger partial charge in [-0.25, -0.2) is 0 Å². The third-order valence-corrected chi connectivity index (χ3v) is 12.2. The third-order valence-electron chi connectivity index (χ3n) is 12.2. The zero-order valence-electron chi connectivity index (χ0n) is 31.3. The number of fused-ring (bicyclic) bond motifs is 12. The van der Waals surface area contributed by atoms with Gasteiger partial charge in [0.25, 0.3) is 0 Å². The molecule has 9 aromatic carbocycles. The number of aromatic nitrogens is 2. The van der Waals surface area contributed by atoms with E-state index in [1.165, 1.54) is 71.0 Å². The first kappa shape index (κ1) is 31.4. The first-order valence-corrected chi connectivity index (χ1v) is 19.8. The van der Waals surface area contributed by atoms with Crippen LogP contribution in [-0.2, 0) is 0 Å². The maximum Gasteiger partial charge on any atom is 0.135 e. The summed E-state index contributed by atoms with van der Waals surface area (Å²) in [5.74, 6) is 0. The maximum absolute atomic E-state index is 6.28. The van der Waals surface area contributed by atoms with E-state index in [4.69, 9.17) is 4.42 Å². The van der Waals surface area contributed by atoms with Gasteiger partial charge in [0, 0.05) is 65.8 Å². The van der Waals surface area contributed by atoms with Gasteiger partial charge in [-0.3, -0.25) is 0 Å². The third kappa shape index (κ3) is 4.40. The second-order valence-electron chi connectivity index (χ2n) is 15.3. The molecule has 0 unspecified atom stereocenters. The number of nitrogens with zero attached hydrogens (tertiary/aromatic N) is 3. The normalized spacial score (nSPS) is 12.1. The highest BCUT2D eigenvalue weighted by Crippen LogP contribution is 2.44. The molecule has 0 aliphatic rings. The van der Waals surface area contributed by atoms with Gasteiger partial charge in [-0.1, -0.05) is 109 Å². The van der Waals surface area contributed by atoms with Crippen molar-refractivity contribution in [3.63, 3.8) is 0 Å². The number of hydrogen-bond donors (Lipinski definition) is 0. The average Bonchev–Trinajstić information content (AvgIpc) is 4.03. The van der Waals surface area contributed by atoms with Crippen LogP contribution in [0.1, 0.15) is 0 Å². The standard InChI is InChI=1S/C54H33N3O/c1-2-11-36(12-3-1)56-48-18-7-5-14-41(48)46-32-38(26-29-50(46)56)55(39-27-30-53-47(33-39)42-15-6-9-20-52(42)58-53)37-24-21-34(22-25-37)35-23-28-51-45(31-35)44-17-10-16-43-40-13-4-8-19-49(40)57(51)54(43)44/h1-33H. The maximum atomic E-state index is 6.28. The Morgan fingerprint density at radius 3 is 1.69 bits per heavy atom. The molecule has 0 saturated carbocycles. The Hall–Kier alpha value is -7.82. The molecule has 4 nitrogen and oxygen atoms in total. The number of furan rings is 1. The molecule has 4 aromatic heterocycles. The number of rotatable bonds is 5. The van der Waals surface area contributed by atoms with Crippen molar-refractivity contribution in [2.75, 3.05) is 4.90 Å². The first-order valence-electron chi connectivity index (χ1n) is 19.8. The molecule has 0 radical (unpaired) electrons. The summed E-state index contributed by atoms with van der Waals surface area (Å²) < 4.78 is 11.1. The molecular weight excluding hydrogens is 707 g/mol. The van der Waals surface area contributed by atoms with Crippen LogP contribution in [0.2, 0.25) is 0 Å². The van der Waals surface area contributed by atoms with Crippen molar-refractivity contribution in [1.29, 1.82) is 0 Å². The Morgan fingerprint density at radius 2 is 0.862 bits per heavy atom. The van der Waals surface area contributed by atoms with Crippen LogP contribution in [-0.4, -0.2) is 8.97 Å². The lowest BCUT2D eigenvalue weighted by molar-refractivity contribution is 0.669. The van der Waals surface area contributed by atoms with Crippen molar-refractivity contribution in [2.24, 2.45) is 0 Å². The molecule has 0 aliphatic carbocycles. The van der Waals surface area contributed by atoms with Crippen LogP contribution in [0.25, 0.3) is 98.7 Å². The molecule has 0 amide bonds. The number of hydrogen-bond acceptors (Lipinski definition) is 2. The minimum absolute atomic E-state index is 0.883. The molecule has 0 saturated heterocycles. The van der Waals surface area contributed by atoms with E-state index in [0.717, 1.165) is 44.7 Å². The largest absolute Gasteiger partial charge is 0.456 e. The smallest absolute Gasteiger partial charge is 0.135 e. The molecule has 270 valence electrons. The monoisotopic (exact) mass is 739 g/mol. The second kappa shape index (κ2) is 11.8. The lowest BCUT2D eigenvalue weighted by Gasteiger charge is -2.26. The summed E-state index contributed by atoms with van der Waals surface area (Å²) in [5, 5.41) is 9.82. The van der Waals surface area contributed by atoms with E-state index >= 15 is 0 Å². The Labute approximate surface area is 333 Å². The molecular formula is C54H33N3O. The van der Waals surface area contributed by atoms with Gasteiger partial charge in [0.15, 0.2) is 0 Å². The van der Waals surface area contributed by atoms with Crippen molar-refractivity contribution in [3.05, 3.63) is 200 Å². The van der Waals surface area contributed by atoms with Gasteiger partial charge in [0.2, 0.25) is 0 Å². The Kier molecular flexibility index (Phi) is 6.41. The van der Waals surface area contributed by atoms with Gasteiger partial charge in [-0.15, -0.1) is 0 Å². The van der Waals surface area contributed by atoms with Crippen molar-refractivity contribution in [2.45, 2.75) is 0 Å². The van der Waals surface area contributed by atoms with Gasteiger partial charge in [0.1, 0.15) is 11.2 Å². The number of anilines is 3. The van der Waals surface area contributed by atoms with Crippen LogP contribution in [0.4, 0.5) is 17.1 Å². The van der Waals surface area contributed by atoms with Crippen LogP contribution in [0.3, 0.4) is 0 Å². The van der Waals surface area contributed by atoms with Crippen molar-refractivity contribution < 1.29 is 4.42 Å². The van der Waals surface area contributed by atoms with E-state index in [2.05, 4.69) is 202 Å². The molecule has 58 heavy (non-hydrogen) atoms. The summed E-state index contributed by atoms with van der Waals surface area (Å²) in [7, 11) is 0. The van der Waals surface area contributed by atoms with E-state index in [-0.39, 0.29) is 0 Å². The van der Waals surface area contributed by atoms with Crippen LogP contribution in [0, 0.1) is 0 Å². The molecule has 4 heteroatoms. The molecule has 0 N–H and O–H groups in total. The van der Waals surface area contributed by atoms with E-state index in [9.17, 15) is 0 Å². The molecule has 0 spiro atoms. The molecule has 0 aliphatic heterocycles. The SMILES string of the molecule is c1ccc(-n2c3ccccc3c3cc(N(c4ccc(-c5ccc6c(c5)c5cccc7c8ccccc8n6c75)cc4)c4ccc5oc6ccccc6c5c4)ccc32)cc1. The summed E-state index contributed by atoms with van der Waals surface area (Å²) in [6, 6.07) is 72.5. The van der Waals surface area contributed by atoms with Gasteiger partial charge < -0.3 is 18.3 Å². The van der Waals surface area contributed by atoms with Crippen LogP contribution >= 0.6 is 0 Å². The molecule has 0 fully saturated rings. The van der Waals surface area contributed by atoms with Crippen LogP contribution in [0.15, 0.2) is 205 Å². The predicted molar refractivity (Wildman–Crippen MR) is 243 cm³/mol. The summed E-state index contributed by atoms with van der Waals surface area (Å²) in [6.07, 6.45) is 0. The minimum Gasteiger partial charge on any atom is -0.456 e. The predicted octanol–water partition coefficient (Wildman–Crippen LogP) is 15.0. The quantitative estimate of drug-likeness (QED) is 0.176. The molecule has 13 rings (SSSR count). The fraction of sp³-hybridized carbons (Fsp3) is 0. The first-order chi connectivity index (χ1) is 28.8. The Bertz CT molecular complexity index is 3740. The molecule has 0 bridgehead atoms. The van der Waals surface area contributed by atoms with Crippen LogP contribution in [0.5, 0.6) is 0 Å². The minimum atomic E-state index is 0.883. The fourth-order valence-electron chi connectivity index (χ4n) is 9.67. The second-order valence-corrected chi connectivity index (χ2v) is 15.3. The van der Waals surface area contributed by atoms with E-state index in [1.807, 2.05) is 12.1 Å². The highest BCUT2D eigenvalue weighted by atomic mass is 16.3. The lowest BCUT2D eigenvalue weighted by atomic mass is 10.0. The fourth-order valence-corrected chi connectivity index (χ4v) is 9.67. The van der Waals surface area contributed by atoms with Gasteiger partial charge >= 0.3 is 0 Å². The summed E-state index contributed by atoms with van der Waals surface area (Å²) in [6.45, 7) is 0. The number of benzene rings is 9. The zero-order valence-corrected chi connectivity index (χ0v) is 31.3. The molecule has 0 atom stereocenters.